The Bertz CT molecular complexity index is 544. The average molecular weight is 292 g/mol. The Labute approximate surface area is 123 Å². The third-order valence-electron chi connectivity index (χ3n) is 3.73. The van der Waals surface area contributed by atoms with Crippen molar-refractivity contribution in [3.05, 3.63) is 23.8 Å². The number of piperidine rings is 1. The van der Waals surface area contributed by atoms with Crippen molar-refractivity contribution in [2.75, 3.05) is 26.5 Å². The van der Waals surface area contributed by atoms with E-state index < -0.39 is 6.04 Å². The third kappa shape index (κ3) is 3.09. The van der Waals surface area contributed by atoms with Crippen LogP contribution in [0.25, 0.3) is 0 Å². The molecule has 1 atom stereocenters. The van der Waals surface area contributed by atoms with E-state index in [1.165, 1.54) is 14.2 Å². The van der Waals surface area contributed by atoms with Crippen molar-refractivity contribution in [1.82, 2.24) is 4.90 Å². The molecule has 1 aromatic carbocycles. The first-order chi connectivity index (χ1) is 10.1. The molecule has 1 aliphatic rings. The van der Waals surface area contributed by atoms with Crippen LogP contribution in [0.3, 0.4) is 0 Å². The van der Waals surface area contributed by atoms with Crippen molar-refractivity contribution in [1.29, 1.82) is 0 Å². The number of amides is 1. The van der Waals surface area contributed by atoms with Crippen molar-refractivity contribution in [3.63, 3.8) is 0 Å². The van der Waals surface area contributed by atoms with Crippen molar-refractivity contribution < 1.29 is 19.1 Å². The van der Waals surface area contributed by atoms with Crippen LogP contribution < -0.4 is 10.5 Å². The van der Waals surface area contributed by atoms with E-state index in [0.717, 1.165) is 12.8 Å². The van der Waals surface area contributed by atoms with Crippen LogP contribution in [0, 0.1) is 0 Å². The molecule has 0 aliphatic carbocycles. The molecule has 6 heteroatoms. The number of nitrogens with two attached hydrogens (primary N) is 1. The van der Waals surface area contributed by atoms with E-state index in [-0.39, 0.29) is 11.9 Å². The summed E-state index contributed by atoms with van der Waals surface area (Å²) in [6.07, 6.45) is 2.38. The number of hydrogen-bond donors (Lipinski definition) is 1. The summed E-state index contributed by atoms with van der Waals surface area (Å²) in [4.78, 5) is 26.1. The Hall–Kier alpha value is -2.24. The fourth-order valence-corrected chi connectivity index (χ4v) is 2.56. The number of anilines is 1. The Morgan fingerprint density at radius 2 is 2.05 bits per heavy atom. The molecule has 1 aliphatic heterocycles. The highest BCUT2D eigenvalue weighted by Crippen LogP contribution is 2.25. The topological polar surface area (TPSA) is 81.9 Å². The number of esters is 1. The highest BCUT2D eigenvalue weighted by atomic mass is 16.5. The molecule has 2 rings (SSSR count). The second kappa shape index (κ2) is 6.47. The molecule has 0 spiro atoms. The first-order valence-electron chi connectivity index (χ1n) is 6.90. The van der Waals surface area contributed by atoms with Crippen molar-refractivity contribution in [2.24, 2.45) is 0 Å². The summed E-state index contributed by atoms with van der Waals surface area (Å²) in [7, 11) is 2.86. The molecular formula is C15H20N2O4. The van der Waals surface area contributed by atoms with Crippen LogP contribution >= 0.6 is 0 Å². The number of nitrogens with zero attached hydrogens (tertiary/aromatic N) is 1. The van der Waals surface area contributed by atoms with E-state index >= 15 is 0 Å². The number of methoxy groups -OCH3 is 2. The van der Waals surface area contributed by atoms with Gasteiger partial charge in [0.15, 0.2) is 0 Å². The highest BCUT2D eigenvalue weighted by molar-refractivity contribution is 6.01. The van der Waals surface area contributed by atoms with Gasteiger partial charge in [-0.3, -0.25) is 4.79 Å². The molecule has 1 heterocycles. The fourth-order valence-electron chi connectivity index (χ4n) is 2.56. The van der Waals surface area contributed by atoms with Gasteiger partial charge in [-0.2, -0.15) is 0 Å². The number of carbonyl (C=O) groups is 2. The zero-order valence-corrected chi connectivity index (χ0v) is 12.3. The molecule has 0 bridgehead atoms. The summed E-state index contributed by atoms with van der Waals surface area (Å²) < 4.78 is 9.92. The van der Waals surface area contributed by atoms with Crippen LogP contribution in [0.15, 0.2) is 18.2 Å². The SMILES string of the molecule is COC(=O)C1CCCCN1C(=O)c1cc(OC)ccc1N. The number of benzene rings is 1. The normalized spacial score (nSPS) is 18.2. The zero-order valence-electron chi connectivity index (χ0n) is 12.3. The predicted molar refractivity (Wildman–Crippen MR) is 78.1 cm³/mol. The van der Waals surface area contributed by atoms with Gasteiger partial charge in [-0.1, -0.05) is 0 Å². The summed E-state index contributed by atoms with van der Waals surface area (Å²) in [5.74, 6) is -0.0924. The Kier molecular flexibility index (Phi) is 4.67. The van der Waals surface area contributed by atoms with Crippen molar-refractivity contribution in [3.8, 4) is 5.75 Å². The van der Waals surface area contributed by atoms with Gasteiger partial charge in [-0.15, -0.1) is 0 Å². The van der Waals surface area contributed by atoms with E-state index in [9.17, 15) is 9.59 Å². The highest BCUT2D eigenvalue weighted by Gasteiger charge is 2.34. The minimum Gasteiger partial charge on any atom is -0.497 e. The van der Waals surface area contributed by atoms with Crippen LogP contribution in [0.1, 0.15) is 29.6 Å². The lowest BCUT2D eigenvalue weighted by Crippen LogP contribution is -2.48. The van der Waals surface area contributed by atoms with Gasteiger partial charge >= 0.3 is 5.97 Å². The smallest absolute Gasteiger partial charge is 0.328 e. The van der Waals surface area contributed by atoms with E-state index in [2.05, 4.69) is 0 Å². The summed E-state index contributed by atoms with van der Waals surface area (Å²) in [5.41, 5.74) is 6.61. The van der Waals surface area contributed by atoms with E-state index in [1.54, 1.807) is 23.1 Å². The van der Waals surface area contributed by atoms with Crippen LogP contribution in [0.2, 0.25) is 0 Å². The summed E-state index contributed by atoms with van der Waals surface area (Å²) in [6.45, 7) is 0.523. The molecule has 1 saturated heterocycles. The van der Waals surface area contributed by atoms with E-state index in [4.69, 9.17) is 15.2 Å². The van der Waals surface area contributed by atoms with Crippen LogP contribution in [0.4, 0.5) is 5.69 Å². The number of likely N-dealkylation sites (tertiary alicyclic amines) is 1. The maximum absolute atomic E-state index is 12.7. The quantitative estimate of drug-likeness (QED) is 0.673. The molecule has 1 amide bonds. The molecular weight excluding hydrogens is 272 g/mol. The second-order valence-electron chi connectivity index (χ2n) is 4.99. The van der Waals surface area contributed by atoms with Gasteiger partial charge in [0, 0.05) is 12.2 Å². The fraction of sp³-hybridized carbons (Fsp3) is 0.467. The molecule has 6 nitrogen and oxygen atoms in total. The van der Waals surface area contributed by atoms with E-state index in [1.807, 2.05) is 0 Å². The van der Waals surface area contributed by atoms with Crippen molar-refractivity contribution >= 4 is 17.6 Å². The lowest BCUT2D eigenvalue weighted by Gasteiger charge is -2.34. The first-order valence-corrected chi connectivity index (χ1v) is 6.90. The molecule has 114 valence electrons. The van der Waals surface area contributed by atoms with Crippen LogP contribution in [-0.2, 0) is 9.53 Å². The lowest BCUT2D eigenvalue weighted by molar-refractivity contribution is -0.147. The van der Waals surface area contributed by atoms with Crippen LogP contribution in [-0.4, -0.2) is 43.6 Å². The summed E-state index contributed by atoms with van der Waals surface area (Å²) in [5, 5.41) is 0. The summed E-state index contributed by atoms with van der Waals surface area (Å²) >= 11 is 0. The largest absolute Gasteiger partial charge is 0.497 e. The molecule has 2 N–H and O–H groups in total. The maximum atomic E-state index is 12.7. The van der Waals surface area contributed by atoms with Crippen LogP contribution in [0.5, 0.6) is 5.75 Å². The third-order valence-corrected chi connectivity index (χ3v) is 3.73. The molecule has 1 unspecified atom stereocenters. The van der Waals surface area contributed by atoms with Gasteiger partial charge in [0.1, 0.15) is 11.8 Å². The first kappa shape index (κ1) is 15.2. The minimum atomic E-state index is -0.540. The standard InChI is InChI=1S/C15H20N2O4/c1-20-10-6-7-12(16)11(9-10)14(18)17-8-4-3-5-13(17)15(19)21-2/h6-7,9,13H,3-5,8,16H2,1-2H3. The average Bonchev–Trinajstić information content (AvgIpc) is 2.54. The number of hydrogen-bond acceptors (Lipinski definition) is 5. The minimum absolute atomic E-state index is 0.262. The van der Waals surface area contributed by atoms with Gasteiger partial charge < -0.3 is 20.1 Å². The summed E-state index contributed by atoms with van der Waals surface area (Å²) in [6, 6.07) is 4.38. The Morgan fingerprint density at radius 1 is 1.29 bits per heavy atom. The Morgan fingerprint density at radius 3 is 2.71 bits per heavy atom. The molecule has 0 aromatic heterocycles. The zero-order chi connectivity index (χ0) is 15.4. The van der Waals surface area contributed by atoms with Crippen molar-refractivity contribution in [2.45, 2.75) is 25.3 Å². The maximum Gasteiger partial charge on any atom is 0.328 e. The number of carbonyl (C=O) groups excluding carboxylic acids is 2. The number of rotatable bonds is 3. The molecule has 0 saturated carbocycles. The monoisotopic (exact) mass is 292 g/mol. The Balaban J connectivity index is 2.30. The van der Waals surface area contributed by atoms with Gasteiger partial charge in [0.25, 0.3) is 5.91 Å². The second-order valence-corrected chi connectivity index (χ2v) is 4.99. The number of nitrogen functional groups attached to an aromatic ring is 1. The molecule has 1 fully saturated rings. The van der Waals surface area contributed by atoms with Gasteiger partial charge in [0.2, 0.25) is 0 Å². The molecule has 1 aromatic rings. The van der Waals surface area contributed by atoms with Gasteiger partial charge in [0.05, 0.1) is 19.8 Å². The lowest BCUT2D eigenvalue weighted by atomic mass is 10.0. The predicted octanol–water partition coefficient (Wildman–Crippen LogP) is 1.45. The van der Waals surface area contributed by atoms with Gasteiger partial charge in [-0.05, 0) is 37.5 Å². The molecule has 21 heavy (non-hydrogen) atoms. The molecule has 0 radical (unpaired) electrons. The number of ether oxygens (including phenoxy) is 2. The van der Waals surface area contributed by atoms with Gasteiger partial charge in [-0.25, -0.2) is 4.79 Å². The van der Waals surface area contributed by atoms with E-state index in [0.29, 0.717) is 30.0 Å².